The van der Waals surface area contributed by atoms with E-state index in [9.17, 15) is 13.2 Å². The number of methoxy groups -OCH3 is 1. The molecule has 1 aliphatic heterocycles. The zero-order valence-corrected chi connectivity index (χ0v) is 17.4. The number of amides is 1. The number of hydrogen-bond donors (Lipinski definition) is 1. The van der Waals surface area contributed by atoms with E-state index < -0.39 is 10.0 Å². The van der Waals surface area contributed by atoms with Crippen molar-refractivity contribution in [3.05, 3.63) is 59.7 Å². The number of rotatable bonds is 7. The summed E-state index contributed by atoms with van der Waals surface area (Å²) in [6, 6.07) is 14.0. The fourth-order valence-corrected chi connectivity index (χ4v) is 4.33. The van der Waals surface area contributed by atoms with Crippen LogP contribution in [-0.2, 0) is 14.8 Å². The third-order valence-electron chi connectivity index (χ3n) is 4.96. The quantitative estimate of drug-likeness (QED) is 0.746. The fourth-order valence-electron chi connectivity index (χ4n) is 3.18. The zero-order valence-electron chi connectivity index (χ0n) is 16.6. The van der Waals surface area contributed by atoms with Crippen molar-refractivity contribution in [1.29, 1.82) is 0 Å². The van der Waals surface area contributed by atoms with Gasteiger partial charge < -0.3 is 14.4 Å². The molecular formula is C21H26N2O5S. The van der Waals surface area contributed by atoms with Gasteiger partial charge in [-0.25, -0.2) is 13.1 Å². The predicted molar refractivity (Wildman–Crippen MR) is 110 cm³/mol. The van der Waals surface area contributed by atoms with Gasteiger partial charge in [0.2, 0.25) is 10.0 Å². The van der Waals surface area contributed by atoms with Crippen molar-refractivity contribution in [2.24, 2.45) is 0 Å². The van der Waals surface area contributed by atoms with E-state index in [1.54, 1.807) is 4.90 Å². The maximum absolute atomic E-state index is 12.9. The third kappa shape index (κ3) is 5.14. The second kappa shape index (κ2) is 9.39. The Morgan fingerprint density at radius 2 is 1.86 bits per heavy atom. The van der Waals surface area contributed by atoms with Crippen molar-refractivity contribution >= 4 is 15.9 Å². The largest absolute Gasteiger partial charge is 0.496 e. The molecule has 0 bridgehead atoms. The van der Waals surface area contributed by atoms with E-state index in [0.29, 0.717) is 32.1 Å². The molecule has 0 aliphatic carbocycles. The van der Waals surface area contributed by atoms with Crippen molar-refractivity contribution < 1.29 is 22.7 Å². The first-order chi connectivity index (χ1) is 13.9. The van der Waals surface area contributed by atoms with Crippen LogP contribution in [0.1, 0.15) is 28.8 Å². The van der Waals surface area contributed by atoms with Crippen LogP contribution in [0.15, 0.2) is 53.4 Å². The summed E-state index contributed by atoms with van der Waals surface area (Å²) in [6.07, 6.45) is 0. The first-order valence-corrected chi connectivity index (χ1v) is 11.0. The summed E-state index contributed by atoms with van der Waals surface area (Å²) in [4.78, 5) is 14.6. The molecule has 1 aliphatic rings. The van der Waals surface area contributed by atoms with E-state index in [-0.39, 0.29) is 28.8 Å². The Morgan fingerprint density at radius 1 is 1.17 bits per heavy atom. The second-order valence-electron chi connectivity index (χ2n) is 6.93. The second-order valence-corrected chi connectivity index (χ2v) is 8.70. The van der Waals surface area contributed by atoms with Crippen LogP contribution in [0.4, 0.5) is 0 Å². The van der Waals surface area contributed by atoms with E-state index in [4.69, 9.17) is 9.47 Å². The molecule has 1 fully saturated rings. The van der Waals surface area contributed by atoms with Crippen LogP contribution in [-0.4, -0.2) is 59.2 Å². The highest BCUT2D eigenvalue weighted by Crippen LogP contribution is 2.25. The molecule has 2 aromatic carbocycles. The summed E-state index contributed by atoms with van der Waals surface area (Å²) >= 11 is 0. The molecule has 1 amide bonds. The lowest BCUT2D eigenvalue weighted by Gasteiger charge is -2.27. The van der Waals surface area contributed by atoms with E-state index in [1.807, 2.05) is 37.3 Å². The van der Waals surface area contributed by atoms with Crippen LogP contribution in [0.5, 0.6) is 5.75 Å². The maximum Gasteiger partial charge on any atom is 0.257 e. The van der Waals surface area contributed by atoms with Gasteiger partial charge in [-0.3, -0.25) is 4.79 Å². The van der Waals surface area contributed by atoms with Crippen LogP contribution in [0, 0.1) is 0 Å². The molecule has 0 radical (unpaired) electrons. The van der Waals surface area contributed by atoms with Gasteiger partial charge in [-0.1, -0.05) is 37.3 Å². The number of ether oxygens (including phenoxy) is 2. The monoisotopic (exact) mass is 418 g/mol. The highest BCUT2D eigenvalue weighted by molar-refractivity contribution is 7.89. The molecule has 0 spiro atoms. The molecule has 3 rings (SSSR count). The van der Waals surface area contributed by atoms with Gasteiger partial charge in [0.1, 0.15) is 5.75 Å². The topological polar surface area (TPSA) is 84.9 Å². The van der Waals surface area contributed by atoms with Gasteiger partial charge in [0, 0.05) is 19.6 Å². The third-order valence-corrected chi connectivity index (χ3v) is 6.38. The molecule has 7 nitrogen and oxygen atoms in total. The van der Waals surface area contributed by atoms with Gasteiger partial charge in [0.25, 0.3) is 5.91 Å². The SMILES string of the molecule is COc1ccc(S(=O)(=O)NCC(C)c2ccccc2)cc1C(=O)N1CCOCC1. The number of nitrogens with zero attached hydrogens (tertiary/aromatic N) is 1. The maximum atomic E-state index is 12.9. The fraction of sp³-hybridized carbons (Fsp3) is 0.381. The Kier molecular flexibility index (Phi) is 6.89. The summed E-state index contributed by atoms with van der Waals surface area (Å²) in [5, 5.41) is 0. The minimum atomic E-state index is -3.78. The van der Waals surface area contributed by atoms with Gasteiger partial charge in [0.05, 0.1) is 30.8 Å². The molecular weight excluding hydrogens is 392 g/mol. The van der Waals surface area contributed by atoms with Crippen molar-refractivity contribution in [2.75, 3.05) is 40.0 Å². The summed E-state index contributed by atoms with van der Waals surface area (Å²) in [5.74, 6) is 0.0941. The zero-order chi connectivity index (χ0) is 20.9. The number of morpholine rings is 1. The van der Waals surface area contributed by atoms with Gasteiger partial charge >= 0.3 is 0 Å². The first-order valence-electron chi connectivity index (χ1n) is 9.52. The van der Waals surface area contributed by atoms with Gasteiger partial charge in [0.15, 0.2) is 0 Å². The Labute approximate surface area is 171 Å². The Morgan fingerprint density at radius 3 is 2.52 bits per heavy atom. The predicted octanol–water partition coefficient (Wildman–Crippen LogP) is 2.25. The van der Waals surface area contributed by atoms with E-state index >= 15 is 0 Å². The average Bonchev–Trinajstić information content (AvgIpc) is 2.77. The lowest BCUT2D eigenvalue weighted by atomic mass is 10.0. The molecule has 0 aromatic heterocycles. The highest BCUT2D eigenvalue weighted by atomic mass is 32.2. The lowest BCUT2D eigenvalue weighted by Crippen LogP contribution is -2.40. The molecule has 1 saturated heterocycles. The van der Waals surface area contributed by atoms with Crippen LogP contribution >= 0.6 is 0 Å². The average molecular weight is 419 g/mol. The normalized spacial score (nSPS) is 15.7. The lowest BCUT2D eigenvalue weighted by molar-refractivity contribution is 0.0300. The van der Waals surface area contributed by atoms with E-state index in [2.05, 4.69) is 4.72 Å². The van der Waals surface area contributed by atoms with Gasteiger partial charge in [-0.2, -0.15) is 0 Å². The number of nitrogens with one attached hydrogen (secondary N) is 1. The van der Waals surface area contributed by atoms with Crippen LogP contribution < -0.4 is 9.46 Å². The number of benzene rings is 2. The minimum Gasteiger partial charge on any atom is -0.496 e. The summed E-state index contributed by atoms with van der Waals surface area (Å²) in [5.41, 5.74) is 1.28. The molecule has 1 N–H and O–H groups in total. The summed E-state index contributed by atoms with van der Waals surface area (Å²) in [7, 11) is -2.32. The standard InChI is InChI=1S/C21H26N2O5S/c1-16(17-6-4-3-5-7-17)15-22-29(25,26)18-8-9-20(27-2)19(14-18)21(24)23-10-12-28-13-11-23/h3-9,14,16,22H,10-13,15H2,1-2H3. The Hall–Kier alpha value is -2.42. The molecule has 2 aromatic rings. The molecule has 0 saturated carbocycles. The van der Waals surface area contributed by atoms with E-state index in [0.717, 1.165) is 5.56 Å². The Bertz CT molecular complexity index is 941. The van der Waals surface area contributed by atoms with Gasteiger partial charge in [-0.05, 0) is 29.7 Å². The number of carbonyl (C=O) groups is 1. The smallest absolute Gasteiger partial charge is 0.257 e. The van der Waals surface area contributed by atoms with Crippen molar-refractivity contribution in [1.82, 2.24) is 9.62 Å². The van der Waals surface area contributed by atoms with Crippen molar-refractivity contribution in [3.8, 4) is 5.75 Å². The summed E-state index contributed by atoms with van der Waals surface area (Å²) in [6.45, 7) is 4.07. The number of carbonyl (C=O) groups excluding carboxylic acids is 1. The van der Waals surface area contributed by atoms with Gasteiger partial charge in [-0.15, -0.1) is 0 Å². The number of sulfonamides is 1. The first kappa shape index (κ1) is 21.3. The molecule has 1 atom stereocenters. The summed E-state index contributed by atoms with van der Waals surface area (Å²) < 4.78 is 38.9. The molecule has 8 heteroatoms. The molecule has 1 heterocycles. The minimum absolute atomic E-state index is 0.0127. The van der Waals surface area contributed by atoms with Crippen LogP contribution in [0.3, 0.4) is 0 Å². The molecule has 1 unspecified atom stereocenters. The highest BCUT2D eigenvalue weighted by Gasteiger charge is 2.25. The molecule has 29 heavy (non-hydrogen) atoms. The number of hydrogen-bond acceptors (Lipinski definition) is 5. The Balaban J connectivity index is 1.79. The van der Waals surface area contributed by atoms with Crippen LogP contribution in [0.2, 0.25) is 0 Å². The van der Waals surface area contributed by atoms with Crippen molar-refractivity contribution in [2.45, 2.75) is 17.7 Å². The van der Waals surface area contributed by atoms with Crippen LogP contribution in [0.25, 0.3) is 0 Å². The van der Waals surface area contributed by atoms with Crippen molar-refractivity contribution in [3.63, 3.8) is 0 Å². The van der Waals surface area contributed by atoms with E-state index in [1.165, 1.54) is 25.3 Å². The molecule has 156 valence electrons.